The molecule has 1 heterocycles. The van der Waals surface area contributed by atoms with Crippen molar-refractivity contribution in [2.75, 3.05) is 6.79 Å². The predicted molar refractivity (Wildman–Crippen MR) is 69.2 cm³/mol. The van der Waals surface area contributed by atoms with E-state index in [0.29, 0.717) is 28.4 Å². The maximum absolute atomic E-state index is 13.1. The Morgan fingerprint density at radius 2 is 1.81 bits per heavy atom. The topological polar surface area (TPSA) is 47.9 Å². The molecule has 1 aliphatic heterocycles. The van der Waals surface area contributed by atoms with Crippen molar-refractivity contribution < 1.29 is 28.1 Å². The monoisotopic (exact) mass is 294 g/mol. The summed E-state index contributed by atoms with van der Waals surface area (Å²) in [6.45, 7) is -0.0690. The lowest BCUT2D eigenvalue weighted by Gasteiger charge is -2.11. The molecule has 2 aromatic rings. The molecule has 0 unspecified atom stereocenters. The summed E-state index contributed by atoms with van der Waals surface area (Å²) < 4.78 is 42.0. The highest BCUT2D eigenvalue weighted by Gasteiger charge is 2.18. The average molecular weight is 294 g/mol. The first kappa shape index (κ1) is 13.6. The fraction of sp³-hybridized carbons (Fsp3) is 0.200. The zero-order valence-corrected chi connectivity index (χ0v) is 10.9. The van der Waals surface area contributed by atoms with Gasteiger partial charge in [0.25, 0.3) is 0 Å². The van der Waals surface area contributed by atoms with E-state index in [2.05, 4.69) is 0 Å². The lowest BCUT2D eigenvalue weighted by Crippen LogP contribution is -2.00. The Kier molecular flexibility index (Phi) is 3.62. The zero-order valence-electron chi connectivity index (χ0n) is 10.9. The normalized spacial score (nSPS) is 12.5. The van der Waals surface area contributed by atoms with Gasteiger partial charge < -0.3 is 19.3 Å². The van der Waals surface area contributed by atoms with Crippen LogP contribution in [0.15, 0.2) is 30.3 Å². The van der Waals surface area contributed by atoms with Crippen LogP contribution in [0, 0.1) is 11.6 Å². The van der Waals surface area contributed by atoms with Crippen LogP contribution in [0.1, 0.15) is 11.1 Å². The minimum atomic E-state index is -0.927. The number of rotatable bonds is 4. The van der Waals surface area contributed by atoms with Gasteiger partial charge in [0.15, 0.2) is 23.1 Å². The van der Waals surface area contributed by atoms with Crippen molar-refractivity contribution in [1.29, 1.82) is 0 Å². The van der Waals surface area contributed by atoms with Crippen LogP contribution < -0.4 is 14.2 Å². The number of ether oxygens (including phenoxy) is 3. The van der Waals surface area contributed by atoms with Crippen LogP contribution in [0.25, 0.3) is 0 Å². The second-order valence-corrected chi connectivity index (χ2v) is 4.51. The molecule has 2 aromatic carbocycles. The van der Waals surface area contributed by atoms with Crippen molar-refractivity contribution >= 4 is 0 Å². The van der Waals surface area contributed by atoms with Crippen molar-refractivity contribution in [2.45, 2.75) is 13.2 Å². The van der Waals surface area contributed by atoms with E-state index < -0.39 is 11.6 Å². The maximum Gasteiger partial charge on any atom is 0.231 e. The molecule has 1 aliphatic rings. The van der Waals surface area contributed by atoms with Gasteiger partial charge in [-0.2, -0.15) is 0 Å². The van der Waals surface area contributed by atoms with Gasteiger partial charge in [-0.1, -0.05) is 6.07 Å². The number of aliphatic hydroxyl groups excluding tert-OH is 1. The van der Waals surface area contributed by atoms with Crippen molar-refractivity contribution in [3.63, 3.8) is 0 Å². The Bertz CT molecular complexity index is 673. The van der Waals surface area contributed by atoms with Gasteiger partial charge in [0.05, 0.1) is 6.61 Å². The Balaban J connectivity index is 1.79. The first-order chi connectivity index (χ1) is 10.2. The molecule has 0 aromatic heterocycles. The van der Waals surface area contributed by atoms with Crippen LogP contribution in [0.5, 0.6) is 17.2 Å². The van der Waals surface area contributed by atoms with Crippen LogP contribution in [0.3, 0.4) is 0 Å². The summed E-state index contributed by atoms with van der Waals surface area (Å²) in [5.74, 6) is -0.361. The van der Waals surface area contributed by atoms with Crippen LogP contribution >= 0.6 is 0 Å². The molecular weight excluding hydrogens is 282 g/mol. The first-order valence-electron chi connectivity index (χ1n) is 6.27. The van der Waals surface area contributed by atoms with E-state index in [1.807, 2.05) is 0 Å². The minimum absolute atomic E-state index is 0.0455. The van der Waals surface area contributed by atoms with Gasteiger partial charge in [0, 0.05) is 11.6 Å². The number of hydrogen-bond donors (Lipinski definition) is 1. The van der Waals surface area contributed by atoms with Crippen molar-refractivity contribution in [1.82, 2.24) is 0 Å². The van der Waals surface area contributed by atoms with Gasteiger partial charge in [0.2, 0.25) is 6.79 Å². The average Bonchev–Trinajstić information content (AvgIpc) is 2.94. The Morgan fingerprint density at radius 1 is 1.05 bits per heavy atom. The third kappa shape index (κ3) is 2.75. The molecule has 0 aliphatic carbocycles. The van der Waals surface area contributed by atoms with Gasteiger partial charge in [-0.25, -0.2) is 8.78 Å². The number of halogens is 2. The number of hydrogen-bond acceptors (Lipinski definition) is 4. The summed E-state index contributed by atoms with van der Waals surface area (Å²) in [4.78, 5) is 0. The van der Waals surface area contributed by atoms with Crippen LogP contribution in [0.2, 0.25) is 0 Å². The van der Waals surface area contributed by atoms with Gasteiger partial charge in [-0.15, -0.1) is 0 Å². The molecule has 4 nitrogen and oxygen atoms in total. The summed E-state index contributed by atoms with van der Waals surface area (Å²) in [6, 6.07) is 6.78. The third-order valence-corrected chi connectivity index (χ3v) is 3.10. The van der Waals surface area contributed by atoms with Gasteiger partial charge >= 0.3 is 0 Å². The quantitative estimate of drug-likeness (QED) is 0.942. The van der Waals surface area contributed by atoms with Crippen LogP contribution in [-0.2, 0) is 13.2 Å². The first-order valence-corrected chi connectivity index (χ1v) is 6.27. The number of aliphatic hydroxyl groups is 1. The molecule has 0 fully saturated rings. The largest absolute Gasteiger partial charge is 0.488 e. The van der Waals surface area contributed by atoms with E-state index in [0.717, 1.165) is 12.1 Å². The summed E-state index contributed by atoms with van der Waals surface area (Å²) in [5, 5.41) is 9.34. The van der Waals surface area contributed by atoms with Crippen molar-refractivity contribution in [2.24, 2.45) is 0 Å². The molecule has 3 rings (SSSR count). The summed E-state index contributed by atoms with van der Waals surface area (Å²) in [6.07, 6.45) is 0. The van der Waals surface area contributed by atoms with Crippen molar-refractivity contribution in [3.8, 4) is 17.2 Å². The highest BCUT2D eigenvalue weighted by atomic mass is 19.2. The molecule has 1 N–H and O–H groups in total. The van der Waals surface area contributed by atoms with Crippen molar-refractivity contribution in [3.05, 3.63) is 53.1 Å². The third-order valence-electron chi connectivity index (χ3n) is 3.10. The smallest absolute Gasteiger partial charge is 0.231 e. The van der Waals surface area contributed by atoms with Gasteiger partial charge in [-0.05, 0) is 23.8 Å². The van der Waals surface area contributed by atoms with E-state index >= 15 is 0 Å². The van der Waals surface area contributed by atoms with E-state index in [4.69, 9.17) is 14.2 Å². The van der Waals surface area contributed by atoms with E-state index in [-0.39, 0.29) is 20.0 Å². The van der Waals surface area contributed by atoms with Gasteiger partial charge in [0.1, 0.15) is 12.4 Å². The maximum atomic E-state index is 13.1. The van der Waals surface area contributed by atoms with Crippen LogP contribution in [0.4, 0.5) is 8.78 Å². The molecule has 0 atom stereocenters. The molecule has 0 amide bonds. The predicted octanol–water partition coefficient (Wildman–Crippen LogP) is 2.76. The fourth-order valence-corrected chi connectivity index (χ4v) is 2.01. The second-order valence-electron chi connectivity index (χ2n) is 4.51. The molecule has 0 saturated carbocycles. The SMILES string of the molecule is OCc1cc2c(cc1OCc1ccc(F)c(F)c1)OCO2. The molecule has 0 bridgehead atoms. The summed E-state index contributed by atoms with van der Waals surface area (Å²) in [7, 11) is 0. The van der Waals surface area contributed by atoms with E-state index in [1.54, 1.807) is 12.1 Å². The fourth-order valence-electron chi connectivity index (χ4n) is 2.01. The number of fused-ring (bicyclic) bond motifs is 1. The lowest BCUT2D eigenvalue weighted by molar-refractivity contribution is 0.173. The summed E-state index contributed by atoms with van der Waals surface area (Å²) in [5.41, 5.74) is 1.01. The molecule has 0 spiro atoms. The minimum Gasteiger partial charge on any atom is -0.488 e. The molecular formula is C15H12F2O4. The number of benzene rings is 2. The highest BCUT2D eigenvalue weighted by molar-refractivity contribution is 5.51. The Hall–Kier alpha value is -2.34. The molecule has 0 radical (unpaired) electrons. The zero-order chi connectivity index (χ0) is 14.8. The molecule has 6 heteroatoms. The Morgan fingerprint density at radius 3 is 2.52 bits per heavy atom. The molecule has 0 saturated heterocycles. The molecule has 21 heavy (non-hydrogen) atoms. The van der Waals surface area contributed by atoms with E-state index in [1.165, 1.54) is 6.07 Å². The summed E-state index contributed by atoms with van der Waals surface area (Å²) >= 11 is 0. The van der Waals surface area contributed by atoms with Crippen LogP contribution in [-0.4, -0.2) is 11.9 Å². The standard InChI is InChI=1S/C15H12F2O4/c16-11-2-1-9(3-12(11)17)7-19-13-5-15-14(20-8-21-15)4-10(13)6-18/h1-5,18H,6-8H2. The lowest BCUT2D eigenvalue weighted by atomic mass is 10.2. The highest BCUT2D eigenvalue weighted by Crippen LogP contribution is 2.38. The van der Waals surface area contributed by atoms with Gasteiger partial charge in [-0.3, -0.25) is 0 Å². The van der Waals surface area contributed by atoms with E-state index in [9.17, 15) is 13.9 Å². The Labute approximate surface area is 119 Å². The second kappa shape index (κ2) is 5.57. The molecule has 110 valence electrons.